The van der Waals surface area contributed by atoms with Crippen LogP contribution in [0.15, 0.2) is 48.5 Å². The molecule has 0 unspecified atom stereocenters. The van der Waals surface area contributed by atoms with Gasteiger partial charge in [0.15, 0.2) is 11.5 Å². The van der Waals surface area contributed by atoms with E-state index in [4.69, 9.17) is 15.5 Å². The molecule has 142 valence electrons. The predicted molar refractivity (Wildman–Crippen MR) is 107 cm³/mol. The molecule has 0 aliphatic heterocycles. The highest BCUT2D eigenvalue weighted by Crippen LogP contribution is 2.25. The number of para-hydroxylation sites is 1. The predicted octanol–water partition coefficient (Wildman–Crippen LogP) is 2.63. The van der Waals surface area contributed by atoms with Crippen molar-refractivity contribution in [1.82, 2.24) is 19.6 Å². The number of rotatable bonds is 6. The van der Waals surface area contributed by atoms with E-state index < -0.39 is 11.9 Å². The number of nitrogens with one attached hydrogen (secondary N) is 1. The highest BCUT2D eigenvalue weighted by atomic mass is 16.5. The van der Waals surface area contributed by atoms with Crippen LogP contribution in [-0.4, -0.2) is 38.6 Å². The van der Waals surface area contributed by atoms with Crippen LogP contribution in [0.2, 0.25) is 0 Å². The van der Waals surface area contributed by atoms with Crippen LogP contribution >= 0.6 is 0 Å². The minimum absolute atomic E-state index is 0.423. The standard InChI is InChI=1S/C20H20N6O2/c1-3-15(17(21)27)22-20-23-16-7-5-4-6-14(16)19-24-18(25-26(19)20)12-8-10-13(28-2)11-9-12/h4-11,15H,3H2,1-2H3,(H2,21,27)(H,22,23)/t15-/m1/s1. The number of carbonyl (C=O) groups excluding carboxylic acids is 1. The molecule has 1 atom stereocenters. The van der Waals surface area contributed by atoms with Gasteiger partial charge in [-0.25, -0.2) is 9.97 Å². The highest BCUT2D eigenvalue weighted by Gasteiger charge is 2.19. The summed E-state index contributed by atoms with van der Waals surface area (Å²) in [6, 6.07) is 14.6. The SMILES string of the molecule is CC[C@@H](Nc1nc2ccccc2c2nc(-c3ccc(OC)cc3)nn12)C(N)=O. The van der Waals surface area contributed by atoms with Crippen molar-refractivity contribution in [1.29, 1.82) is 0 Å². The van der Waals surface area contributed by atoms with Crippen molar-refractivity contribution in [3.63, 3.8) is 0 Å². The van der Waals surface area contributed by atoms with Gasteiger partial charge in [-0.1, -0.05) is 19.1 Å². The summed E-state index contributed by atoms with van der Waals surface area (Å²) in [5.41, 5.74) is 7.74. The van der Waals surface area contributed by atoms with Crippen LogP contribution in [0.4, 0.5) is 5.95 Å². The number of methoxy groups -OCH3 is 1. The number of amides is 1. The quantitative estimate of drug-likeness (QED) is 0.536. The molecule has 0 spiro atoms. The van der Waals surface area contributed by atoms with Crippen molar-refractivity contribution in [3.8, 4) is 17.1 Å². The summed E-state index contributed by atoms with van der Waals surface area (Å²) in [5.74, 6) is 1.29. The Morgan fingerprint density at radius 1 is 1.18 bits per heavy atom. The molecule has 2 heterocycles. The Morgan fingerprint density at radius 2 is 1.93 bits per heavy atom. The second kappa shape index (κ2) is 7.15. The molecule has 3 N–H and O–H groups in total. The second-order valence-corrected chi connectivity index (χ2v) is 6.36. The molecule has 2 aromatic heterocycles. The van der Waals surface area contributed by atoms with Crippen LogP contribution in [0.3, 0.4) is 0 Å². The zero-order chi connectivity index (χ0) is 19.7. The molecule has 8 heteroatoms. The fourth-order valence-corrected chi connectivity index (χ4v) is 3.04. The van der Waals surface area contributed by atoms with E-state index in [1.165, 1.54) is 0 Å². The monoisotopic (exact) mass is 376 g/mol. The molecule has 8 nitrogen and oxygen atoms in total. The summed E-state index contributed by atoms with van der Waals surface area (Å²) in [7, 11) is 1.62. The number of nitrogens with two attached hydrogens (primary N) is 1. The third-order valence-electron chi connectivity index (χ3n) is 4.58. The average Bonchev–Trinajstić information content (AvgIpc) is 3.17. The minimum Gasteiger partial charge on any atom is -0.497 e. The van der Waals surface area contributed by atoms with E-state index in [1.54, 1.807) is 11.6 Å². The molecular formula is C20H20N6O2. The number of benzene rings is 2. The molecule has 0 bridgehead atoms. The Bertz CT molecular complexity index is 1150. The molecule has 0 aliphatic carbocycles. The lowest BCUT2D eigenvalue weighted by molar-refractivity contribution is -0.118. The van der Waals surface area contributed by atoms with Crippen molar-refractivity contribution in [2.24, 2.45) is 5.73 Å². The number of aromatic nitrogens is 4. The molecule has 0 radical (unpaired) electrons. The Labute approximate surface area is 161 Å². The number of anilines is 1. The smallest absolute Gasteiger partial charge is 0.239 e. The number of hydrogen-bond acceptors (Lipinski definition) is 6. The van der Waals surface area contributed by atoms with E-state index in [-0.39, 0.29) is 0 Å². The lowest BCUT2D eigenvalue weighted by atomic mass is 10.2. The first kappa shape index (κ1) is 17.7. The summed E-state index contributed by atoms with van der Waals surface area (Å²) in [5, 5.41) is 8.59. The van der Waals surface area contributed by atoms with Crippen molar-refractivity contribution >= 4 is 28.4 Å². The number of primary amides is 1. The van der Waals surface area contributed by atoms with Crippen LogP contribution in [0.1, 0.15) is 13.3 Å². The molecule has 1 amide bonds. The van der Waals surface area contributed by atoms with Gasteiger partial charge in [-0.2, -0.15) is 4.52 Å². The number of hydrogen-bond donors (Lipinski definition) is 2. The summed E-state index contributed by atoms with van der Waals surface area (Å²) in [4.78, 5) is 21.0. The van der Waals surface area contributed by atoms with E-state index in [0.717, 1.165) is 22.2 Å². The Morgan fingerprint density at radius 3 is 2.61 bits per heavy atom. The van der Waals surface area contributed by atoms with Crippen LogP contribution < -0.4 is 15.8 Å². The zero-order valence-corrected chi connectivity index (χ0v) is 15.6. The minimum atomic E-state index is -0.550. The maximum Gasteiger partial charge on any atom is 0.239 e. The van der Waals surface area contributed by atoms with E-state index in [2.05, 4.69) is 15.4 Å². The molecule has 0 saturated heterocycles. The zero-order valence-electron chi connectivity index (χ0n) is 15.6. The lowest BCUT2D eigenvalue weighted by Crippen LogP contribution is -2.35. The third-order valence-corrected chi connectivity index (χ3v) is 4.58. The van der Waals surface area contributed by atoms with E-state index in [0.29, 0.717) is 23.8 Å². The van der Waals surface area contributed by atoms with Gasteiger partial charge < -0.3 is 15.8 Å². The van der Waals surface area contributed by atoms with Crippen LogP contribution in [-0.2, 0) is 4.79 Å². The molecular weight excluding hydrogens is 356 g/mol. The summed E-state index contributed by atoms with van der Waals surface area (Å²) >= 11 is 0. The molecule has 2 aromatic carbocycles. The number of fused-ring (bicyclic) bond motifs is 3. The number of carbonyl (C=O) groups is 1. The fraction of sp³-hybridized carbons (Fsp3) is 0.200. The Balaban J connectivity index is 1.90. The Hall–Kier alpha value is -3.68. The van der Waals surface area contributed by atoms with Gasteiger partial charge in [0.2, 0.25) is 11.9 Å². The topological polar surface area (TPSA) is 107 Å². The summed E-state index contributed by atoms with van der Waals surface area (Å²) in [6.45, 7) is 1.88. The Kier molecular flexibility index (Phi) is 4.52. The number of ether oxygens (including phenoxy) is 1. The molecule has 4 rings (SSSR count). The lowest BCUT2D eigenvalue weighted by Gasteiger charge is -2.15. The van der Waals surface area contributed by atoms with Crippen LogP contribution in [0.25, 0.3) is 27.9 Å². The van der Waals surface area contributed by atoms with Crippen molar-refractivity contribution < 1.29 is 9.53 Å². The van der Waals surface area contributed by atoms with Crippen LogP contribution in [0, 0.1) is 0 Å². The van der Waals surface area contributed by atoms with Gasteiger partial charge in [0.05, 0.1) is 12.6 Å². The van der Waals surface area contributed by atoms with E-state index in [1.807, 2.05) is 55.5 Å². The van der Waals surface area contributed by atoms with Gasteiger partial charge in [0.25, 0.3) is 0 Å². The van der Waals surface area contributed by atoms with Gasteiger partial charge in [-0.3, -0.25) is 4.79 Å². The first-order valence-corrected chi connectivity index (χ1v) is 8.96. The van der Waals surface area contributed by atoms with Gasteiger partial charge in [0, 0.05) is 10.9 Å². The molecule has 0 fully saturated rings. The van der Waals surface area contributed by atoms with Gasteiger partial charge in [-0.15, -0.1) is 5.10 Å². The molecule has 0 aliphatic rings. The van der Waals surface area contributed by atoms with E-state index >= 15 is 0 Å². The third kappa shape index (κ3) is 3.09. The van der Waals surface area contributed by atoms with Crippen molar-refractivity contribution in [3.05, 3.63) is 48.5 Å². The molecule has 28 heavy (non-hydrogen) atoms. The second-order valence-electron chi connectivity index (χ2n) is 6.36. The largest absolute Gasteiger partial charge is 0.497 e. The number of nitrogens with zero attached hydrogens (tertiary/aromatic N) is 4. The fourth-order valence-electron chi connectivity index (χ4n) is 3.04. The normalized spacial score (nSPS) is 12.2. The maximum atomic E-state index is 11.7. The van der Waals surface area contributed by atoms with Crippen molar-refractivity contribution in [2.75, 3.05) is 12.4 Å². The van der Waals surface area contributed by atoms with Gasteiger partial charge >= 0.3 is 0 Å². The summed E-state index contributed by atoms with van der Waals surface area (Å²) in [6.07, 6.45) is 0.533. The highest BCUT2D eigenvalue weighted by molar-refractivity contribution is 5.93. The van der Waals surface area contributed by atoms with Crippen molar-refractivity contribution in [2.45, 2.75) is 19.4 Å². The van der Waals surface area contributed by atoms with Gasteiger partial charge in [0.1, 0.15) is 11.8 Å². The van der Waals surface area contributed by atoms with E-state index in [9.17, 15) is 4.79 Å². The average molecular weight is 376 g/mol. The maximum absolute atomic E-state index is 11.7. The first-order valence-electron chi connectivity index (χ1n) is 8.96. The van der Waals surface area contributed by atoms with Crippen LogP contribution in [0.5, 0.6) is 5.75 Å². The summed E-state index contributed by atoms with van der Waals surface area (Å²) < 4.78 is 6.83. The first-order chi connectivity index (χ1) is 13.6. The molecule has 0 saturated carbocycles. The van der Waals surface area contributed by atoms with Gasteiger partial charge in [-0.05, 0) is 42.8 Å². The molecule has 4 aromatic rings.